The molecule has 0 radical (unpaired) electrons. The van der Waals surface area contributed by atoms with Crippen LogP contribution in [0.5, 0.6) is 0 Å². The topological polar surface area (TPSA) is 40.5 Å². The van der Waals surface area contributed by atoms with Gasteiger partial charge < -0.3 is 10.0 Å². The lowest BCUT2D eigenvalue weighted by molar-refractivity contribution is 0.425. The standard InChI is InChI=1S/C11H17BO2/c1-7(2)10-5-8(3)9(4)11(6-10)12(13)14/h5-7,13-14H,1-4H3. The van der Waals surface area contributed by atoms with Gasteiger partial charge in [-0.1, -0.05) is 26.0 Å². The van der Waals surface area contributed by atoms with Crippen LogP contribution in [0.3, 0.4) is 0 Å². The second-order valence-electron chi connectivity index (χ2n) is 4.08. The number of hydrogen-bond donors (Lipinski definition) is 2. The van der Waals surface area contributed by atoms with Gasteiger partial charge in [0.25, 0.3) is 0 Å². The van der Waals surface area contributed by atoms with Gasteiger partial charge in [0, 0.05) is 0 Å². The molecule has 0 aliphatic heterocycles. The summed E-state index contributed by atoms with van der Waals surface area (Å²) in [5.41, 5.74) is 3.84. The fourth-order valence-corrected chi connectivity index (χ4v) is 1.52. The van der Waals surface area contributed by atoms with Crippen LogP contribution in [0.1, 0.15) is 36.5 Å². The van der Waals surface area contributed by atoms with Crippen molar-refractivity contribution in [2.45, 2.75) is 33.6 Å². The summed E-state index contributed by atoms with van der Waals surface area (Å²) in [4.78, 5) is 0. The van der Waals surface area contributed by atoms with E-state index in [1.54, 1.807) is 0 Å². The molecule has 76 valence electrons. The van der Waals surface area contributed by atoms with Gasteiger partial charge in [0.15, 0.2) is 0 Å². The van der Waals surface area contributed by atoms with Gasteiger partial charge in [0.1, 0.15) is 0 Å². The molecule has 0 saturated carbocycles. The first-order valence-electron chi connectivity index (χ1n) is 4.90. The van der Waals surface area contributed by atoms with Gasteiger partial charge in [-0.15, -0.1) is 0 Å². The molecule has 0 aliphatic rings. The van der Waals surface area contributed by atoms with E-state index < -0.39 is 7.12 Å². The lowest BCUT2D eigenvalue weighted by Crippen LogP contribution is -2.33. The maximum atomic E-state index is 9.19. The molecule has 0 aromatic heterocycles. The van der Waals surface area contributed by atoms with Crippen LogP contribution >= 0.6 is 0 Å². The number of benzene rings is 1. The summed E-state index contributed by atoms with van der Waals surface area (Å²) in [6, 6.07) is 3.98. The first-order chi connectivity index (χ1) is 6.43. The lowest BCUT2D eigenvalue weighted by atomic mass is 9.74. The molecule has 0 saturated heterocycles. The maximum Gasteiger partial charge on any atom is 0.488 e. The van der Waals surface area contributed by atoms with Crippen LogP contribution in [0.2, 0.25) is 0 Å². The van der Waals surface area contributed by atoms with Gasteiger partial charge in [-0.2, -0.15) is 0 Å². The monoisotopic (exact) mass is 192 g/mol. The smallest absolute Gasteiger partial charge is 0.423 e. The molecule has 1 aromatic rings. The first-order valence-corrected chi connectivity index (χ1v) is 4.90. The van der Waals surface area contributed by atoms with Crippen LogP contribution in [0.4, 0.5) is 0 Å². The van der Waals surface area contributed by atoms with Crippen molar-refractivity contribution < 1.29 is 10.0 Å². The Kier molecular flexibility index (Phi) is 3.35. The van der Waals surface area contributed by atoms with E-state index in [1.807, 2.05) is 19.9 Å². The number of aryl methyl sites for hydroxylation is 1. The fourth-order valence-electron chi connectivity index (χ4n) is 1.52. The van der Waals surface area contributed by atoms with Crippen molar-refractivity contribution in [3.63, 3.8) is 0 Å². The molecule has 14 heavy (non-hydrogen) atoms. The van der Waals surface area contributed by atoms with Crippen LogP contribution in [-0.4, -0.2) is 17.2 Å². The Labute approximate surface area is 85.7 Å². The minimum absolute atomic E-state index is 0.409. The summed E-state index contributed by atoms with van der Waals surface area (Å²) in [6.07, 6.45) is 0. The van der Waals surface area contributed by atoms with Crippen LogP contribution in [0, 0.1) is 13.8 Å². The highest BCUT2D eigenvalue weighted by Gasteiger charge is 2.16. The fraction of sp³-hybridized carbons (Fsp3) is 0.455. The second kappa shape index (κ2) is 4.15. The molecule has 1 aromatic carbocycles. The Bertz CT molecular complexity index is 332. The molecule has 2 N–H and O–H groups in total. The van der Waals surface area contributed by atoms with E-state index in [2.05, 4.69) is 19.9 Å². The first kappa shape index (κ1) is 11.3. The molecule has 0 bridgehead atoms. The summed E-state index contributed by atoms with van der Waals surface area (Å²) < 4.78 is 0. The van der Waals surface area contributed by atoms with Crippen molar-refractivity contribution in [2.24, 2.45) is 0 Å². The van der Waals surface area contributed by atoms with Crippen molar-refractivity contribution in [1.29, 1.82) is 0 Å². The molecular formula is C11H17BO2. The molecule has 0 fully saturated rings. The Morgan fingerprint density at radius 1 is 1.14 bits per heavy atom. The summed E-state index contributed by atoms with van der Waals surface area (Å²) in [7, 11) is -1.37. The number of hydrogen-bond acceptors (Lipinski definition) is 2. The minimum Gasteiger partial charge on any atom is -0.423 e. The zero-order valence-corrected chi connectivity index (χ0v) is 9.20. The van der Waals surface area contributed by atoms with Crippen molar-refractivity contribution in [3.05, 3.63) is 28.8 Å². The average Bonchev–Trinajstić information content (AvgIpc) is 2.08. The summed E-state index contributed by atoms with van der Waals surface area (Å²) >= 11 is 0. The molecule has 0 aliphatic carbocycles. The molecule has 2 nitrogen and oxygen atoms in total. The largest absolute Gasteiger partial charge is 0.488 e. The third-order valence-corrected chi connectivity index (χ3v) is 2.67. The van der Waals surface area contributed by atoms with Gasteiger partial charge in [-0.3, -0.25) is 0 Å². The van der Waals surface area contributed by atoms with Crippen molar-refractivity contribution in [2.75, 3.05) is 0 Å². The van der Waals surface area contributed by atoms with Gasteiger partial charge in [0.2, 0.25) is 0 Å². The molecule has 0 amide bonds. The van der Waals surface area contributed by atoms with Crippen LogP contribution in [0.15, 0.2) is 12.1 Å². The molecule has 1 rings (SSSR count). The highest BCUT2D eigenvalue weighted by molar-refractivity contribution is 6.59. The third-order valence-electron chi connectivity index (χ3n) is 2.67. The lowest BCUT2D eigenvalue weighted by Gasteiger charge is -2.13. The highest BCUT2D eigenvalue weighted by Crippen LogP contribution is 2.16. The average molecular weight is 192 g/mol. The molecule has 0 unspecified atom stereocenters. The van der Waals surface area contributed by atoms with Crippen molar-refractivity contribution >= 4 is 12.6 Å². The molecule has 0 atom stereocenters. The zero-order valence-electron chi connectivity index (χ0n) is 9.20. The SMILES string of the molecule is Cc1cc(C(C)C)cc(B(O)O)c1C. The second-order valence-corrected chi connectivity index (χ2v) is 4.08. The van der Waals surface area contributed by atoms with Crippen LogP contribution < -0.4 is 5.46 Å². The summed E-state index contributed by atoms with van der Waals surface area (Å²) in [6.45, 7) is 8.09. The molecule has 3 heteroatoms. The maximum absolute atomic E-state index is 9.19. The van der Waals surface area contributed by atoms with E-state index in [9.17, 15) is 10.0 Å². The predicted molar refractivity (Wildman–Crippen MR) is 59.8 cm³/mol. The Balaban J connectivity index is 3.28. The van der Waals surface area contributed by atoms with E-state index in [4.69, 9.17) is 0 Å². The summed E-state index contributed by atoms with van der Waals surface area (Å²) in [5, 5.41) is 18.4. The third kappa shape index (κ3) is 2.17. The minimum atomic E-state index is -1.37. The van der Waals surface area contributed by atoms with E-state index >= 15 is 0 Å². The Morgan fingerprint density at radius 2 is 1.71 bits per heavy atom. The van der Waals surface area contributed by atoms with Gasteiger partial charge in [-0.05, 0) is 41.9 Å². The van der Waals surface area contributed by atoms with Crippen molar-refractivity contribution in [3.8, 4) is 0 Å². The Morgan fingerprint density at radius 3 is 2.14 bits per heavy atom. The molecule has 0 spiro atoms. The van der Waals surface area contributed by atoms with E-state index in [0.29, 0.717) is 11.4 Å². The van der Waals surface area contributed by atoms with Gasteiger partial charge in [-0.25, -0.2) is 0 Å². The van der Waals surface area contributed by atoms with Gasteiger partial charge in [0.05, 0.1) is 0 Å². The normalized spacial score (nSPS) is 10.8. The van der Waals surface area contributed by atoms with E-state index in [1.165, 1.54) is 0 Å². The predicted octanol–water partition coefficient (Wildman–Crippen LogP) is 1.11. The van der Waals surface area contributed by atoms with Crippen LogP contribution in [-0.2, 0) is 0 Å². The molecular weight excluding hydrogens is 175 g/mol. The number of rotatable bonds is 2. The van der Waals surface area contributed by atoms with E-state index in [-0.39, 0.29) is 0 Å². The van der Waals surface area contributed by atoms with Gasteiger partial charge >= 0.3 is 7.12 Å². The zero-order chi connectivity index (χ0) is 10.9. The Hall–Kier alpha value is -0.795. The quantitative estimate of drug-likeness (QED) is 0.689. The van der Waals surface area contributed by atoms with E-state index in [0.717, 1.165) is 16.7 Å². The highest BCUT2D eigenvalue weighted by atomic mass is 16.4. The summed E-state index contributed by atoms with van der Waals surface area (Å²) in [5.74, 6) is 0.409. The molecule has 0 heterocycles. The van der Waals surface area contributed by atoms with Crippen LogP contribution in [0.25, 0.3) is 0 Å². The van der Waals surface area contributed by atoms with Crippen molar-refractivity contribution in [1.82, 2.24) is 0 Å².